The molecule has 3 rings (SSSR count). The molecule has 0 fully saturated rings. The Bertz CT molecular complexity index is 901. The van der Waals surface area contributed by atoms with Crippen LogP contribution in [0.15, 0.2) is 58.4 Å². The minimum absolute atomic E-state index is 0.156. The zero-order valence-corrected chi connectivity index (χ0v) is 14.9. The van der Waals surface area contributed by atoms with Gasteiger partial charge in [0.1, 0.15) is 11.3 Å². The molecule has 0 atom stereocenters. The Kier molecular flexibility index (Phi) is 5.92. The zero-order valence-electron chi connectivity index (χ0n) is 13.3. The van der Waals surface area contributed by atoms with Gasteiger partial charge in [0.25, 0.3) is 5.91 Å². The third-order valence-corrected chi connectivity index (χ3v) is 5.07. The molecule has 0 bridgehead atoms. The molecule has 0 unspecified atom stereocenters. The number of benzene rings is 2. The summed E-state index contributed by atoms with van der Waals surface area (Å²) in [5.41, 5.74) is 2.76. The van der Waals surface area contributed by atoms with Crippen LogP contribution in [-0.4, -0.2) is 27.8 Å². The van der Waals surface area contributed by atoms with E-state index in [-0.39, 0.29) is 17.5 Å². The molecule has 1 aromatic heterocycles. The van der Waals surface area contributed by atoms with Gasteiger partial charge in [-0.2, -0.15) is 0 Å². The van der Waals surface area contributed by atoms with Crippen molar-refractivity contribution >= 4 is 46.3 Å². The lowest BCUT2D eigenvalue weighted by Gasteiger charge is -2.11. The SMILES string of the molecule is O=C(CSc1nncs1)Nc1ccccc1C(=O)Nc1ccc(F)cc1. The fourth-order valence-electron chi connectivity index (χ4n) is 2.06. The number of halogens is 1. The molecule has 0 saturated heterocycles. The van der Waals surface area contributed by atoms with Crippen LogP contribution in [0.2, 0.25) is 0 Å². The highest BCUT2D eigenvalue weighted by Crippen LogP contribution is 2.21. The van der Waals surface area contributed by atoms with Gasteiger partial charge >= 0.3 is 0 Å². The molecule has 2 aromatic carbocycles. The summed E-state index contributed by atoms with van der Waals surface area (Å²) in [7, 11) is 0. The van der Waals surface area contributed by atoms with E-state index in [2.05, 4.69) is 20.8 Å². The first kappa shape index (κ1) is 18.0. The Labute approximate surface area is 156 Å². The number of amides is 2. The second-order valence-electron chi connectivity index (χ2n) is 5.05. The van der Waals surface area contributed by atoms with Crippen LogP contribution >= 0.6 is 23.1 Å². The van der Waals surface area contributed by atoms with Crippen molar-refractivity contribution in [1.29, 1.82) is 0 Å². The maximum absolute atomic E-state index is 13.0. The van der Waals surface area contributed by atoms with Crippen LogP contribution in [0.25, 0.3) is 0 Å². The molecule has 0 aliphatic rings. The number of carbonyl (C=O) groups is 2. The lowest BCUT2D eigenvalue weighted by Crippen LogP contribution is -2.19. The average molecular weight is 388 g/mol. The van der Waals surface area contributed by atoms with E-state index in [1.54, 1.807) is 29.8 Å². The van der Waals surface area contributed by atoms with Crippen molar-refractivity contribution in [2.45, 2.75) is 4.34 Å². The van der Waals surface area contributed by atoms with Gasteiger partial charge < -0.3 is 10.6 Å². The Morgan fingerprint density at radius 3 is 2.58 bits per heavy atom. The van der Waals surface area contributed by atoms with E-state index in [1.807, 2.05) is 0 Å². The largest absolute Gasteiger partial charge is 0.325 e. The second kappa shape index (κ2) is 8.54. The van der Waals surface area contributed by atoms with Gasteiger partial charge in [0.05, 0.1) is 17.0 Å². The Morgan fingerprint density at radius 1 is 1.08 bits per heavy atom. The molecule has 3 aromatic rings. The fraction of sp³-hybridized carbons (Fsp3) is 0.0588. The van der Waals surface area contributed by atoms with Gasteiger partial charge in [0, 0.05) is 5.69 Å². The Hall–Kier alpha value is -2.78. The number of hydrogen-bond donors (Lipinski definition) is 2. The highest BCUT2D eigenvalue weighted by Gasteiger charge is 2.14. The average Bonchev–Trinajstić information content (AvgIpc) is 3.16. The molecule has 0 saturated carbocycles. The number of anilines is 2. The van der Waals surface area contributed by atoms with Gasteiger partial charge in [-0.1, -0.05) is 35.2 Å². The van der Waals surface area contributed by atoms with Crippen LogP contribution in [0, 0.1) is 5.82 Å². The lowest BCUT2D eigenvalue weighted by molar-refractivity contribution is -0.113. The summed E-state index contributed by atoms with van der Waals surface area (Å²) in [4.78, 5) is 24.6. The van der Waals surface area contributed by atoms with Crippen molar-refractivity contribution in [2.24, 2.45) is 0 Å². The van der Waals surface area contributed by atoms with E-state index in [4.69, 9.17) is 0 Å². The number of carbonyl (C=O) groups excluding carboxylic acids is 2. The van der Waals surface area contributed by atoms with Crippen molar-refractivity contribution < 1.29 is 14.0 Å². The first-order chi connectivity index (χ1) is 12.6. The normalized spacial score (nSPS) is 10.3. The quantitative estimate of drug-likeness (QED) is 0.630. The summed E-state index contributed by atoms with van der Waals surface area (Å²) < 4.78 is 13.7. The summed E-state index contributed by atoms with van der Waals surface area (Å²) in [5, 5.41) is 13.0. The monoisotopic (exact) mass is 388 g/mol. The molecule has 6 nitrogen and oxygen atoms in total. The van der Waals surface area contributed by atoms with Crippen molar-refractivity contribution in [1.82, 2.24) is 10.2 Å². The van der Waals surface area contributed by atoms with Crippen LogP contribution in [-0.2, 0) is 4.79 Å². The highest BCUT2D eigenvalue weighted by molar-refractivity contribution is 8.01. The molecule has 132 valence electrons. The molecule has 0 radical (unpaired) electrons. The van der Waals surface area contributed by atoms with E-state index in [9.17, 15) is 14.0 Å². The minimum Gasteiger partial charge on any atom is -0.325 e. The van der Waals surface area contributed by atoms with Gasteiger partial charge in [0.15, 0.2) is 4.34 Å². The summed E-state index contributed by atoms with van der Waals surface area (Å²) in [6.07, 6.45) is 0. The third kappa shape index (κ3) is 4.87. The number of nitrogens with zero attached hydrogens (tertiary/aromatic N) is 2. The molecule has 9 heteroatoms. The van der Waals surface area contributed by atoms with Gasteiger partial charge in [-0.15, -0.1) is 10.2 Å². The maximum Gasteiger partial charge on any atom is 0.257 e. The predicted molar refractivity (Wildman–Crippen MR) is 100 cm³/mol. The smallest absolute Gasteiger partial charge is 0.257 e. The molecular weight excluding hydrogens is 375 g/mol. The van der Waals surface area contributed by atoms with Gasteiger partial charge in [-0.05, 0) is 36.4 Å². The molecular formula is C17H13FN4O2S2. The predicted octanol–water partition coefficient (Wildman–Crippen LogP) is 3.66. The Balaban J connectivity index is 1.66. The molecule has 0 aliphatic carbocycles. The zero-order chi connectivity index (χ0) is 18.4. The van der Waals surface area contributed by atoms with Crippen LogP contribution in [0.4, 0.5) is 15.8 Å². The lowest BCUT2D eigenvalue weighted by atomic mass is 10.1. The molecule has 26 heavy (non-hydrogen) atoms. The van der Waals surface area contributed by atoms with Crippen molar-refractivity contribution in [3.05, 3.63) is 65.4 Å². The topological polar surface area (TPSA) is 84.0 Å². The van der Waals surface area contributed by atoms with Gasteiger partial charge in [0.2, 0.25) is 5.91 Å². The second-order valence-corrected chi connectivity index (χ2v) is 7.10. The van der Waals surface area contributed by atoms with Gasteiger partial charge in [-0.25, -0.2) is 4.39 Å². The number of para-hydroxylation sites is 1. The van der Waals surface area contributed by atoms with Crippen molar-refractivity contribution in [3.63, 3.8) is 0 Å². The van der Waals surface area contributed by atoms with Crippen molar-refractivity contribution in [3.8, 4) is 0 Å². The number of rotatable bonds is 6. The molecule has 1 heterocycles. The molecule has 0 spiro atoms. The number of nitrogens with one attached hydrogen (secondary N) is 2. The maximum atomic E-state index is 13.0. The Morgan fingerprint density at radius 2 is 1.85 bits per heavy atom. The van der Waals surface area contributed by atoms with Crippen LogP contribution in [0.1, 0.15) is 10.4 Å². The minimum atomic E-state index is -0.399. The highest BCUT2D eigenvalue weighted by atomic mass is 32.2. The number of thioether (sulfide) groups is 1. The van der Waals surface area contributed by atoms with Crippen LogP contribution < -0.4 is 10.6 Å². The van der Waals surface area contributed by atoms with Crippen LogP contribution in [0.5, 0.6) is 0 Å². The van der Waals surface area contributed by atoms with E-state index >= 15 is 0 Å². The standard InChI is InChI=1S/C17H13FN4O2S2/c18-11-5-7-12(8-6-11)20-16(24)13-3-1-2-4-14(13)21-15(23)9-25-17-22-19-10-26-17/h1-8,10H,9H2,(H,20,24)(H,21,23). The van der Waals surface area contributed by atoms with Crippen LogP contribution in [0.3, 0.4) is 0 Å². The van der Waals surface area contributed by atoms with E-state index in [0.29, 0.717) is 21.3 Å². The molecule has 2 amide bonds. The van der Waals surface area contributed by atoms with E-state index in [1.165, 1.54) is 47.4 Å². The molecule has 2 N–H and O–H groups in total. The number of aromatic nitrogens is 2. The van der Waals surface area contributed by atoms with Crippen molar-refractivity contribution in [2.75, 3.05) is 16.4 Å². The summed E-state index contributed by atoms with van der Waals surface area (Å²) in [6.45, 7) is 0. The summed E-state index contributed by atoms with van der Waals surface area (Å²) in [5.74, 6) is -0.886. The third-order valence-electron chi connectivity index (χ3n) is 3.21. The summed E-state index contributed by atoms with van der Waals surface area (Å²) in [6, 6.07) is 12.1. The first-order valence-electron chi connectivity index (χ1n) is 7.46. The molecule has 0 aliphatic heterocycles. The fourth-order valence-corrected chi connectivity index (χ4v) is 3.35. The van der Waals surface area contributed by atoms with E-state index in [0.717, 1.165) is 0 Å². The van der Waals surface area contributed by atoms with E-state index < -0.39 is 5.91 Å². The van der Waals surface area contributed by atoms with Gasteiger partial charge in [-0.3, -0.25) is 9.59 Å². The summed E-state index contributed by atoms with van der Waals surface area (Å²) >= 11 is 2.62. The number of hydrogen-bond acceptors (Lipinski definition) is 6. The first-order valence-corrected chi connectivity index (χ1v) is 9.33.